The highest BCUT2D eigenvalue weighted by molar-refractivity contribution is 7.47. The van der Waals surface area contributed by atoms with Crippen molar-refractivity contribution in [3.63, 3.8) is 0 Å². The van der Waals surface area contributed by atoms with Gasteiger partial charge in [0.05, 0.1) is 19.8 Å². The molecule has 78 heavy (non-hydrogen) atoms. The molecule has 11 nitrogen and oxygen atoms in total. The first-order chi connectivity index (χ1) is 38.2. The summed E-state index contributed by atoms with van der Waals surface area (Å²) in [6.45, 7) is 4.20. The third-order valence-electron chi connectivity index (χ3n) is 11.8. The summed E-state index contributed by atoms with van der Waals surface area (Å²) in [6, 6.07) is 0. The van der Waals surface area contributed by atoms with Crippen LogP contribution < -0.4 is 0 Å². The number of rotatable bonds is 53. The van der Waals surface area contributed by atoms with Crippen LogP contribution in [-0.4, -0.2) is 66.5 Å². The zero-order valence-electron chi connectivity index (χ0n) is 48.6. The number of hydrogen-bond donors (Lipinski definition) is 2. The molecule has 0 rings (SSSR count). The number of aliphatic hydroxyl groups excluding tert-OH is 1. The van der Waals surface area contributed by atoms with E-state index in [-0.39, 0.29) is 19.3 Å². The van der Waals surface area contributed by atoms with Gasteiger partial charge in [0.1, 0.15) is 12.7 Å². The summed E-state index contributed by atoms with van der Waals surface area (Å²) in [5.74, 6) is -1.69. The highest BCUT2D eigenvalue weighted by atomic mass is 31.2. The van der Waals surface area contributed by atoms with E-state index >= 15 is 0 Å². The van der Waals surface area contributed by atoms with Gasteiger partial charge >= 0.3 is 25.7 Å². The van der Waals surface area contributed by atoms with Crippen molar-refractivity contribution in [3.05, 3.63) is 146 Å². The Balaban J connectivity index is 4.85. The van der Waals surface area contributed by atoms with Crippen molar-refractivity contribution in [2.75, 3.05) is 26.4 Å². The van der Waals surface area contributed by atoms with E-state index in [1.807, 2.05) is 24.3 Å². The zero-order chi connectivity index (χ0) is 56.9. The Morgan fingerprint density at radius 1 is 0.372 bits per heavy atom. The molecule has 0 aliphatic rings. The van der Waals surface area contributed by atoms with Crippen molar-refractivity contribution in [1.82, 2.24) is 0 Å². The number of carbonyl (C=O) groups is 3. The van der Waals surface area contributed by atoms with Crippen molar-refractivity contribution >= 4 is 25.7 Å². The average molecular weight is 1110 g/mol. The number of aliphatic hydroxyl groups is 1. The minimum Gasteiger partial charge on any atom is -0.462 e. The van der Waals surface area contributed by atoms with Crippen LogP contribution in [0.25, 0.3) is 0 Å². The molecule has 0 radical (unpaired) electrons. The number of phosphoric ester groups is 1. The predicted molar refractivity (Wildman–Crippen MR) is 325 cm³/mol. The molecule has 3 unspecified atom stereocenters. The quantitative estimate of drug-likeness (QED) is 0.0197. The Morgan fingerprint density at radius 3 is 1.10 bits per heavy atom. The summed E-state index contributed by atoms with van der Waals surface area (Å²) in [5.41, 5.74) is 0. The molecule has 0 bridgehead atoms. The van der Waals surface area contributed by atoms with Gasteiger partial charge in [0.15, 0.2) is 6.10 Å². The maximum absolute atomic E-state index is 12.9. The lowest BCUT2D eigenvalue weighted by Crippen LogP contribution is -2.30. The molecule has 2 N–H and O–H groups in total. The maximum Gasteiger partial charge on any atom is 0.472 e. The minimum absolute atomic E-state index is 0.0196. The largest absolute Gasteiger partial charge is 0.472 e. The van der Waals surface area contributed by atoms with Gasteiger partial charge in [0.25, 0.3) is 0 Å². The van der Waals surface area contributed by atoms with Gasteiger partial charge < -0.3 is 24.2 Å². The molecule has 0 heterocycles. The molecule has 0 aromatic carbocycles. The maximum atomic E-state index is 12.9. The highest BCUT2D eigenvalue weighted by Crippen LogP contribution is 2.43. The first-order valence-corrected chi connectivity index (χ1v) is 31.2. The van der Waals surface area contributed by atoms with Gasteiger partial charge in [-0.25, -0.2) is 4.57 Å². The lowest BCUT2D eigenvalue weighted by atomic mass is 10.1. The Hall–Kier alpha value is -4.64. The Kier molecular flexibility index (Phi) is 55.0. The third kappa shape index (κ3) is 56.1. The number of ether oxygens (including phenoxy) is 3. The Bertz CT molecular complexity index is 1860. The van der Waals surface area contributed by atoms with Crippen LogP contribution in [0.5, 0.6) is 0 Å². The third-order valence-corrected chi connectivity index (χ3v) is 12.7. The smallest absolute Gasteiger partial charge is 0.462 e. The van der Waals surface area contributed by atoms with Gasteiger partial charge in [-0.3, -0.25) is 23.4 Å². The predicted octanol–water partition coefficient (Wildman–Crippen LogP) is 17.9. The molecule has 0 saturated carbocycles. The number of carbonyl (C=O) groups excluding carboxylic acids is 3. The van der Waals surface area contributed by atoms with Crippen molar-refractivity contribution in [2.45, 2.75) is 226 Å². The molecule has 0 aromatic rings. The number of allylic oxidation sites excluding steroid dienone is 24. The second kappa shape index (κ2) is 58.5. The van der Waals surface area contributed by atoms with Crippen molar-refractivity contribution in [3.8, 4) is 0 Å². The highest BCUT2D eigenvalue weighted by Gasteiger charge is 2.28. The Labute approximate surface area is 473 Å². The molecule has 12 heteroatoms. The number of hydrogen-bond acceptors (Lipinski definition) is 10. The van der Waals surface area contributed by atoms with Crippen LogP contribution in [0.1, 0.15) is 213 Å². The molecule has 0 amide bonds. The fourth-order valence-electron chi connectivity index (χ4n) is 7.31. The molecule has 0 fully saturated rings. The van der Waals surface area contributed by atoms with E-state index in [0.29, 0.717) is 25.7 Å². The molecule has 0 aliphatic heterocycles. The lowest BCUT2D eigenvalue weighted by Gasteiger charge is -2.21. The minimum atomic E-state index is -4.80. The molecule has 0 saturated heterocycles. The number of esters is 3. The van der Waals surface area contributed by atoms with E-state index in [4.69, 9.17) is 23.3 Å². The summed E-state index contributed by atoms with van der Waals surface area (Å²) < 4.78 is 39.4. The van der Waals surface area contributed by atoms with Gasteiger partial charge in [-0.2, -0.15) is 0 Å². The SMILES string of the molecule is CC/C=C\C/C=C\C/C=C\C/C=C\C/C=C\C/C=C\CCC(=O)OC(COC(=O)CC/C=C\C/C=C\C/C=C\C/C=C\CC)COP(=O)(O)OCC(CO)OC(=O)CCCCCCCCCCC/C=C\C/C=C\CCCCC. The van der Waals surface area contributed by atoms with Crippen LogP contribution in [0.3, 0.4) is 0 Å². The number of phosphoric acid groups is 1. The summed E-state index contributed by atoms with van der Waals surface area (Å²) in [7, 11) is -4.80. The summed E-state index contributed by atoms with van der Waals surface area (Å²) in [6.07, 6.45) is 75.5. The average Bonchev–Trinajstić information content (AvgIpc) is 3.43. The van der Waals surface area contributed by atoms with E-state index in [0.717, 1.165) is 89.9 Å². The Morgan fingerprint density at radius 2 is 0.692 bits per heavy atom. The van der Waals surface area contributed by atoms with E-state index in [1.54, 1.807) is 0 Å². The first kappa shape index (κ1) is 73.4. The van der Waals surface area contributed by atoms with Crippen molar-refractivity contribution in [2.24, 2.45) is 0 Å². The zero-order valence-corrected chi connectivity index (χ0v) is 49.5. The van der Waals surface area contributed by atoms with Crippen LogP contribution in [-0.2, 0) is 42.2 Å². The fraction of sp³-hybridized carbons (Fsp3) is 0.591. The lowest BCUT2D eigenvalue weighted by molar-refractivity contribution is -0.161. The van der Waals surface area contributed by atoms with Gasteiger partial charge in [0, 0.05) is 19.3 Å². The topological polar surface area (TPSA) is 155 Å². The van der Waals surface area contributed by atoms with E-state index < -0.39 is 64.4 Å². The second-order valence-corrected chi connectivity index (χ2v) is 20.5. The van der Waals surface area contributed by atoms with E-state index in [1.165, 1.54) is 57.8 Å². The van der Waals surface area contributed by atoms with Crippen molar-refractivity contribution < 1.29 is 52.2 Å². The van der Waals surface area contributed by atoms with Crippen molar-refractivity contribution in [1.29, 1.82) is 0 Å². The molecule has 3 atom stereocenters. The van der Waals surface area contributed by atoms with Gasteiger partial charge in [-0.1, -0.05) is 224 Å². The fourth-order valence-corrected chi connectivity index (χ4v) is 8.09. The second-order valence-electron chi connectivity index (χ2n) is 19.0. The summed E-state index contributed by atoms with van der Waals surface area (Å²) in [4.78, 5) is 48.5. The van der Waals surface area contributed by atoms with E-state index in [9.17, 15) is 28.9 Å². The van der Waals surface area contributed by atoms with Crippen LogP contribution in [0.4, 0.5) is 0 Å². The standard InChI is InChI=1S/C66H105O11P/c1-4-7-10-13-16-19-22-25-27-29-31-33-35-38-41-44-47-50-53-56-65(69)76-62(58-67)60-74-78(71,72)75-61-63(59-73-64(68)55-52-49-46-43-40-37-24-21-18-15-12-9-6-3)77-66(70)57-54-51-48-45-42-39-36-34-32-30-28-26-23-20-17-14-11-8-5-2/h8-9,11-12,16-21,25-28,32,34,37,39-40,42,46,48-49,51,62-63,67H,4-7,10,13-15,22-24,29-31,33,35-36,38,41,43-45,47,50,52-61H2,1-3H3,(H,71,72)/b11-8-,12-9-,19-16-,20-17-,21-18-,27-25-,28-26-,34-32-,40-37-,42-39-,49-46-,51-48-. The van der Waals surface area contributed by atoms with Gasteiger partial charge in [-0.05, 0) is 116 Å². The van der Waals surface area contributed by atoms with Gasteiger partial charge in [0.2, 0.25) is 0 Å². The van der Waals surface area contributed by atoms with Crippen LogP contribution in [0, 0.1) is 0 Å². The first-order valence-electron chi connectivity index (χ1n) is 29.7. The normalized spacial score (nSPS) is 14.4. The van der Waals surface area contributed by atoms with Gasteiger partial charge in [-0.15, -0.1) is 0 Å². The van der Waals surface area contributed by atoms with E-state index in [2.05, 4.69) is 142 Å². The monoisotopic (exact) mass is 1100 g/mol. The molecular formula is C66H105O11P. The molecular weight excluding hydrogens is 1000 g/mol. The van der Waals surface area contributed by atoms with Crippen LogP contribution >= 0.6 is 7.82 Å². The molecule has 0 aliphatic carbocycles. The molecule has 0 aromatic heterocycles. The number of unbranched alkanes of at least 4 members (excludes halogenated alkanes) is 12. The summed E-state index contributed by atoms with van der Waals surface area (Å²) >= 11 is 0. The molecule has 0 spiro atoms. The molecule has 440 valence electrons. The van der Waals surface area contributed by atoms with Crippen LogP contribution in [0.2, 0.25) is 0 Å². The van der Waals surface area contributed by atoms with Crippen LogP contribution in [0.15, 0.2) is 146 Å². The summed E-state index contributed by atoms with van der Waals surface area (Å²) in [5, 5.41) is 9.83.